The first-order chi connectivity index (χ1) is 5.59. The fourth-order valence-electron chi connectivity index (χ4n) is 0.890. The van der Waals surface area contributed by atoms with Crippen molar-refractivity contribution >= 4 is 0 Å². The molecule has 0 radical (unpaired) electrons. The van der Waals surface area contributed by atoms with Crippen LogP contribution in [0.2, 0.25) is 0 Å². The van der Waals surface area contributed by atoms with Crippen LogP contribution in [-0.2, 0) is 6.54 Å². The Hall–Kier alpha value is -1.36. The number of nitrogens with zero attached hydrogens (tertiary/aromatic N) is 2. The first kappa shape index (κ1) is 8.73. The van der Waals surface area contributed by atoms with E-state index in [1.807, 2.05) is 19.0 Å². The Morgan fingerprint density at radius 3 is 2.75 bits per heavy atom. The van der Waals surface area contributed by atoms with Crippen molar-refractivity contribution < 1.29 is 4.85 Å². The van der Waals surface area contributed by atoms with Crippen LogP contribution in [-0.4, -0.2) is 24.1 Å². The minimum absolute atomic E-state index is 0.382. The second kappa shape index (κ2) is 3.36. The summed E-state index contributed by atoms with van der Waals surface area (Å²) in [6.45, 7) is 0.514. The monoisotopic (exact) mass is 169 g/mol. The third kappa shape index (κ3) is 2.06. The van der Waals surface area contributed by atoms with Gasteiger partial charge in [0.25, 0.3) is 5.56 Å². The second-order valence-electron chi connectivity index (χ2n) is 2.83. The van der Waals surface area contributed by atoms with E-state index in [2.05, 4.69) is 5.10 Å². The quantitative estimate of drug-likeness (QED) is 0.459. The SMILES string of the molecule is CN(C)Cc1ccc(=O)[nH][n+]1[O-]. The highest BCUT2D eigenvalue weighted by atomic mass is 16.5. The minimum atomic E-state index is -0.382. The molecule has 0 saturated heterocycles. The van der Waals surface area contributed by atoms with Gasteiger partial charge in [-0.3, -0.25) is 9.69 Å². The number of aromatic amines is 1. The smallest absolute Gasteiger partial charge is 0.299 e. The van der Waals surface area contributed by atoms with E-state index >= 15 is 0 Å². The largest absolute Gasteiger partial charge is 0.596 e. The van der Waals surface area contributed by atoms with E-state index in [1.165, 1.54) is 12.1 Å². The van der Waals surface area contributed by atoms with Crippen molar-refractivity contribution in [2.24, 2.45) is 0 Å². The lowest BCUT2D eigenvalue weighted by Crippen LogP contribution is -2.42. The standard InChI is InChI=1S/C7H11N3O2/c1-9(2)5-6-3-4-7(11)8-10(6)12/h3-4H,5H2,1-2H3,(H,8,11). The summed E-state index contributed by atoms with van der Waals surface area (Å²) < 4.78 is 0. The molecule has 0 aliphatic carbocycles. The van der Waals surface area contributed by atoms with Crippen molar-refractivity contribution in [2.45, 2.75) is 6.54 Å². The van der Waals surface area contributed by atoms with E-state index in [1.54, 1.807) is 0 Å². The van der Waals surface area contributed by atoms with Gasteiger partial charge in [-0.15, -0.1) is 5.10 Å². The van der Waals surface area contributed by atoms with Gasteiger partial charge < -0.3 is 5.21 Å². The van der Waals surface area contributed by atoms with Gasteiger partial charge in [0.1, 0.15) is 0 Å². The maximum Gasteiger partial charge on any atom is 0.299 e. The van der Waals surface area contributed by atoms with Crippen LogP contribution in [0, 0.1) is 5.21 Å². The van der Waals surface area contributed by atoms with Crippen LogP contribution in [0.4, 0.5) is 0 Å². The van der Waals surface area contributed by atoms with Gasteiger partial charge in [-0.2, -0.15) is 0 Å². The zero-order valence-corrected chi connectivity index (χ0v) is 7.07. The van der Waals surface area contributed by atoms with Gasteiger partial charge in [-0.1, -0.05) is 4.85 Å². The van der Waals surface area contributed by atoms with Gasteiger partial charge >= 0.3 is 0 Å². The predicted octanol–water partition coefficient (Wildman–Crippen LogP) is -0.930. The third-order valence-electron chi connectivity index (χ3n) is 1.38. The highest BCUT2D eigenvalue weighted by Gasteiger charge is 2.05. The molecule has 5 heteroatoms. The third-order valence-corrected chi connectivity index (χ3v) is 1.38. The highest BCUT2D eigenvalue weighted by molar-refractivity contribution is 4.93. The molecule has 0 fully saturated rings. The van der Waals surface area contributed by atoms with E-state index in [0.717, 1.165) is 0 Å². The predicted molar refractivity (Wildman–Crippen MR) is 43.4 cm³/mol. The maximum absolute atomic E-state index is 11.0. The number of hydrogen-bond donors (Lipinski definition) is 1. The van der Waals surface area contributed by atoms with Crippen molar-refractivity contribution in [1.29, 1.82) is 0 Å². The summed E-state index contributed by atoms with van der Waals surface area (Å²) in [5.41, 5.74) is 0.145. The topological polar surface area (TPSA) is 63.0 Å². The molecule has 0 aromatic carbocycles. The lowest BCUT2D eigenvalue weighted by atomic mass is 10.4. The summed E-state index contributed by atoms with van der Waals surface area (Å²) in [4.78, 5) is 13.0. The minimum Gasteiger partial charge on any atom is -0.596 e. The van der Waals surface area contributed by atoms with Gasteiger partial charge in [0.15, 0.2) is 0 Å². The van der Waals surface area contributed by atoms with E-state index < -0.39 is 0 Å². The highest BCUT2D eigenvalue weighted by Crippen LogP contribution is 1.90. The van der Waals surface area contributed by atoms with E-state index in [4.69, 9.17) is 0 Å². The van der Waals surface area contributed by atoms with Crippen molar-refractivity contribution in [3.63, 3.8) is 0 Å². The Morgan fingerprint density at radius 2 is 2.25 bits per heavy atom. The number of rotatable bonds is 2. The Morgan fingerprint density at radius 1 is 1.58 bits per heavy atom. The van der Waals surface area contributed by atoms with Crippen LogP contribution in [0.25, 0.3) is 0 Å². The van der Waals surface area contributed by atoms with Crippen LogP contribution in [0.5, 0.6) is 0 Å². The Bertz CT molecular complexity index is 319. The zero-order valence-electron chi connectivity index (χ0n) is 7.07. The summed E-state index contributed by atoms with van der Waals surface area (Å²) in [5.74, 6) is 0. The first-order valence-electron chi connectivity index (χ1n) is 3.56. The van der Waals surface area contributed by atoms with Gasteiger partial charge in [-0.25, -0.2) is 0 Å². The van der Waals surface area contributed by atoms with Gasteiger partial charge in [-0.05, 0) is 14.1 Å². The van der Waals surface area contributed by atoms with Crippen LogP contribution in [0.1, 0.15) is 5.69 Å². The van der Waals surface area contributed by atoms with Gasteiger partial charge in [0.2, 0.25) is 5.69 Å². The number of nitrogens with one attached hydrogen (secondary N) is 1. The van der Waals surface area contributed by atoms with Crippen LogP contribution < -0.4 is 10.4 Å². The molecular weight excluding hydrogens is 158 g/mol. The molecule has 66 valence electrons. The molecule has 0 unspecified atom stereocenters. The Kier molecular flexibility index (Phi) is 2.44. The summed E-state index contributed by atoms with van der Waals surface area (Å²) in [5, 5.41) is 13.1. The lowest BCUT2D eigenvalue weighted by molar-refractivity contribution is -0.679. The van der Waals surface area contributed by atoms with Crippen LogP contribution >= 0.6 is 0 Å². The van der Waals surface area contributed by atoms with Crippen LogP contribution in [0.15, 0.2) is 16.9 Å². The molecule has 0 amide bonds. The normalized spacial score (nSPS) is 10.6. The van der Waals surface area contributed by atoms with Crippen LogP contribution in [0.3, 0.4) is 0 Å². The van der Waals surface area contributed by atoms with Crippen molar-refractivity contribution in [1.82, 2.24) is 10.00 Å². The molecule has 0 aliphatic rings. The molecule has 12 heavy (non-hydrogen) atoms. The Balaban J connectivity index is 2.94. The summed E-state index contributed by atoms with van der Waals surface area (Å²) in [7, 11) is 3.70. The number of aromatic nitrogens is 2. The summed E-state index contributed by atoms with van der Waals surface area (Å²) >= 11 is 0. The second-order valence-corrected chi connectivity index (χ2v) is 2.83. The molecule has 1 heterocycles. The summed E-state index contributed by atoms with van der Waals surface area (Å²) in [6, 6.07) is 2.86. The van der Waals surface area contributed by atoms with E-state index in [0.29, 0.717) is 17.1 Å². The average molecular weight is 169 g/mol. The molecule has 1 aromatic heterocycles. The average Bonchev–Trinajstić information content (AvgIpc) is 1.94. The number of H-pyrrole nitrogens is 1. The molecule has 0 aliphatic heterocycles. The molecule has 5 nitrogen and oxygen atoms in total. The molecule has 0 bridgehead atoms. The van der Waals surface area contributed by atoms with E-state index in [-0.39, 0.29) is 5.56 Å². The van der Waals surface area contributed by atoms with Gasteiger partial charge in [0, 0.05) is 12.1 Å². The molecule has 1 N–H and O–H groups in total. The van der Waals surface area contributed by atoms with E-state index in [9.17, 15) is 10.0 Å². The first-order valence-corrected chi connectivity index (χ1v) is 3.56. The molecule has 0 spiro atoms. The fourth-order valence-corrected chi connectivity index (χ4v) is 0.890. The Labute approximate surface area is 69.8 Å². The van der Waals surface area contributed by atoms with Crippen molar-refractivity contribution in [2.75, 3.05) is 14.1 Å². The fraction of sp³-hybridized carbons (Fsp3) is 0.429. The molecular formula is C7H11N3O2. The maximum atomic E-state index is 11.0. The molecule has 1 rings (SSSR count). The van der Waals surface area contributed by atoms with Gasteiger partial charge in [0.05, 0.1) is 6.54 Å². The number of hydrogen-bond acceptors (Lipinski definition) is 3. The molecule has 0 saturated carbocycles. The van der Waals surface area contributed by atoms with Crippen molar-refractivity contribution in [3.8, 4) is 0 Å². The zero-order chi connectivity index (χ0) is 9.14. The summed E-state index contributed by atoms with van der Waals surface area (Å²) in [6.07, 6.45) is 0. The van der Waals surface area contributed by atoms with Crippen molar-refractivity contribution in [3.05, 3.63) is 33.4 Å². The molecule has 0 atom stereocenters. The lowest BCUT2D eigenvalue weighted by Gasteiger charge is -2.07. The molecule has 1 aromatic rings.